The zero-order chi connectivity index (χ0) is 9.90. The molecule has 0 spiro atoms. The van der Waals surface area contributed by atoms with Crippen molar-refractivity contribution in [1.82, 2.24) is 0 Å². The first-order valence-corrected chi connectivity index (χ1v) is 4.41. The van der Waals surface area contributed by atoms with Crippen molar-refractivity contribution < 1.29 is 19.4 Å². The smallest absolute Gasteiger partial charge is 0.303 e. The second kappa shape index (κ2) is 3.87. The van der Waals surface area contributed by atoms with Gasteiger partial charge in [-0.2, -0.15) is 0 Å². The number of carbonyl (C=O) groups is 2. The lowest BCUT2D eigenvalue weighted by atomic mass is 9.75. The topological polar surface area (TPSA) is 63.6 Å². The molecule has 74 valence electrons. The molecule has 13 heavy (non-hydrogen) atoms. The summed E-state index contributed by atoms with van der Waals surface area (Å²) in [5.41, 5.74) is -0.643. The fraction of sp³-hybridized carbons (Fsp3) is 0.778. The van der Waals surface area contributed by atoms with Crippen LogP contribution >= 0.6 is 0 Å². The molecule has 4 heteroatoms. The van der Waals surface area contributed by atoms with Gasteiger partial charge in [0.05, 0.1) is 6.42 Å². The maximum absolute atomic E-state index is 11.5. The van der Waals surface area contributed by atoms with Gasteiger partial charge in [-0.05, 0) is 19.3 Å². The number of ketones is 1. The average Bonchev–Trinajstić information content (AvgIpc) is 2.00. The number of aliphatic carboxylic acids is 1. The highest BCUT2D eigenvalue weighted by molar-refractivity contribution is 5.90. The van der Waals surface area contributed by atoms with Gasteiger partial charge in [0.25, 0.3) is 0 Å². The molecule has 0 aromatic carbocycles. The van der Waals surface area contributed by atoms with E-state index in [9.17, 15) is 9.59 Å². The lowest BCUT2D eigenvalue weighted by Crippen LogP contribution is -2.47. The highest BCUT2D eigenvalue weighted by atomic mass is 16.5. The molecule has 0 atom stereocenters. The minimum atomic E-state index is -0.932. The molecule has 1 fully saturated rings. The number of carboxylic acids is 1. The molecule has 1 rings (SSSR count). The highest BCUT2D eigenvalue weighted by Crippen LogP contribution is 2.36. The van der Waals surface area contributed by atoms with Gasteiger partial charge in [-0.15, -0.1) is 0 Å². The molecule has 0 aromatic rings. The van der Waals surface area contributed by atoms with Crippen molar-refractivity contribution >= 4 is 11.8 Å². The van der Waals surface area contributed by atoms with Gasteiger partial charge < -0.3 is 9.84 Å². The van der Waals surface area contributed by atoms with Crippen LogP contribution in [0, 0.1) is 0 Å². The Morgan fingerprint density at radius 1 is 1.38 bits per heavy atom. The summed E-state index contributed by atoms with van der Waals surface area (Å²) in [6.07, 6.45) is 2.46. The van der Waals surface area contributed by atoms with Crippen molar-refractivity contribution in [2.75, 3.05) is 7.11 Å². The van der Waals surface area contributed by atoms with E-state index in [1.165, 1.54) is 7.11 Å². The normalized spacial score (nSPS) is 19.2. The molecule has 0 aromatic heterocycles. The molecule has 4 nitrogen and oxygen atoms in total. The largest absolute Gasteiger partial charge is 0.481 e. The fourth-order valence-electron chi connectivity index (χ4n) is 1.54. The molecule has 0 heterocycles. The Morgan fingerprint density at radius 2 is 2.00 bits per heavy atom. The zero-order valence-electron chi connectivity index (χ0n) is 7.71. The third-order valence-corrected chi connectivity index (χ3v) is 2.63. The highest BCUT2D eigenvalue weighted by Gasteiger charge is 2.43. The van der Waals surface area contributed by atoms with Crippen LogP contribution in [0.5, 0.6) is 0 Å². The standard InChI is InChI=1S/C9H14O4/c1-13-9(5-2-6-9)7(10)3-4-8(11)12/h2-6H2,1H3,(H,11,12). The first-order chi connectivity index (χ1) is 6.10. The third kappa shape index (κ3) is 2.06. The summed E-state index contributed by atoms with van der Waals surface area (Å²) in [4.78, 5) is 21.7. The molecule has 1 aliphatic rings. The number of ether oxygens (including phenoxy) is 1. The molecular weight excluding hydrogens is 172 g/mol. The number of hydrogen-bond donors (Lipinski definition) is 1. The summed E-state index contributed by atoms with van der Waals surface area (Å²) < 4.78 is 5.13. The van der Waals surface area contributed by atoms with E-state index in [0.717, 1.165) is 19.3 Å². The fourth-order valence-corrected chi connectivity index (χ4v) is 1.54. The summed E-state index contributed by atoms with van der Waals surface area (Å²) in [5.74, 6) is -0.998. The molecule has 0 radical (unpaired) electrons. The summed E-state index contributed by atoms with van der Waals surface area (Å²) in [5, 5.41) is 8.40. The van der Waals surface area contributed by atoms with Gasteiger partial charge in [0, 0.05) is 13.5 Å². The van der Waals surface area contributed by atoms with Gasteiger partial charge in [-0.3, -0.25) is 9.59 Å². The number of carbonyl (C=O) groups excluding carboxylic acids is 1. The molecule has 1 aliphatic carbocycles. The first kappa shape index (κ1) is 10.2. The Balaban J connectivity index is 2.41. The number of carboxylic acid groups (broad SMARTS) is 1. The minimum absolute atomic E-state index is 0.0661. The number of Topliss-reactive ketones (excluding diaryl/α,β-unsaturated/α-hetero) is 1. The third-order valence-electron chi connectivity index (χ3n) is 2.63. The van der Waals surface area contributed by atoms with Crippen LogP contribution in [0.4, 0.5) is 0 Å². The average molecular weight is 186 g/mol. The van der Waals surface area contributed by atoms with Crippen molar-refractivity contribution in [3.63, 3.8) is 0 Å². The van der Waals surface area contributed by atoms with Crippen molar-refractivity contribution in [2.24, 2.45) is 0 Å². The minimum Gasteiger partial charge on any atom is -0.481 e. The predicted octanol–water partition coefficient (Wildman–Crippen LogP) is 0.989. The zero-order valence-corrected chi connectivity index (χ0v) is 7.71. The molecule has 0 bridgehead atoms. The van der Waals surface area contributed by atoms with Gasteiger partial charge in [0.15, 0.2) is 5.78 Å². The Labute approximate surface area is 76.9 Å². The van der Waals surface area contributed by atoms with Crippen LogP contribution in [0.2, 0.25) is 0 Å². The van der Waals surface area contributed by atoms with Crippen LogP contribution in [-0.4, -0.2) is 29.6 Å². The molecule has 0 saturated heterocycles. The summed E-state index contributed by atoms with van der Waals surface area (Å²) in [6, 6.07) is 0. The second-order valence-electron chi connectivity index (χ2n) is 3.37. The van der Waals surface area contributed by atoms with E-state index in [-0.39, 0.29) is 18.6 Å². The quantitative estimate of drug-likeness (QED) is 0.695. The summed E-state index contributed by atoms with van der Waals surface area (Å²) in [7, 11) is 1.51. The van der Waals surface area contributed by atoms with Crippen molar-refractivity contribution in [2.45, 2.75) is 37.7 Å². The Kier molecular flexibility index (Phi) is 3.03. The first-order valence-electron chi connectivity index (χ1n) is 4.41. The maximum atomic E-state index is 11.5. The Morgan fingerprint density at radius 3 is 2.31 bits per heavy atom. The molecule has 0 unspecified atom stereocenters. The van der Waals surface area contributed by atoms with Gasteiger partial charge in [-0.1, -0.05) is 0 Å². The number of hydrogen-bond acceptors (Lipinski definition) is 3. The van der Waals surface area contributed by atoms with Gasteiger partial charge in [-0.25, -0.2) is 0 Å². The van der Waals surface area contributed by atoms with E-state index < -0.39 is 11.6 Å². The van der Waals surface area contributed by atoms with Crippen LogP contribution in [0.25, 0.3) is 0 Å². The monoisotopic (exact) mass is 186 g/mol. The van der Waals surface area contributed by atoms with Crippen LogP contribution in [0.1, 0.15) is 32.1 Å². The molecule has 1 N–H and O–H groups in total. The SMILES string of the molecule is COC1(C(=O)CCC(=O)O)CCC1. The van der Waals surface area contributed by atoms with E-state index >= 15 is 0 Å². The Hall–Kier alpha value is -0.900. The molecule has 1 saturated carbocycles. The van der Waals surface area contributed by atoms with Crippen molar-refractivity contribution in [3.05, 3.63) is 0 Å². The summed E-state index contributed by atoms with van der Waals surface area (Å²) in [6.45, 7) is 0. The van der Waals surface area contributed by atoms with Crippen molar-refractivity contribution in [1.29, 1.82) is 0 Å². The van der Waals surface area contributed by atoms with Gasteiger partial charge >= 0.3 is 5.97 Å². The van der Waals surface area contributed by atoms with E-state index in [0.29, 0.717) is 0 Å². The lowest BCUT2D eigenvalue weighted by molar-refractivity contribution is -0.153. The summed E-state index contributed by atoms with van der Waals surface area (Å²) >= 11 is 0. The molecule has 0 amide bonds. The maximum Gasteiger partial charge on any atom is 0.303 e. The van der Waals surface area contributed by atoms with Gasteiger partial charge in [0.2, 0.25) is 0 Å². The van der Waals surface area contributed by atoms with Crippen LogP contribution in [-0.2, 0) is 14.3 Å². The van der Waals surface area contributed by atoms with E-state index in [2.05, 4.69) is 0 Å². The second-order valence-corrected chi connectivity index (χ2v) is 3.37. The number of rotatable bonds is 5. The predicted molar refractivity (Wildman–Crippen MR) is 45.5 cm³/mol. The van der Waals surface area contributed by atoms with E-state index in [1.54, 1.807) is 0 Å². The Bertz CT molecular complexity index is 212. The van der Waals surface area contributed by atoms with E-state index in [1.807, 2.05) is 0 Å². The number of methoxy groups -OCH3 is 1. The molecule has 0 aliphatic heterocycles. The van der Waals surface area contributed by atoms with Crippen LogP contribution < -0.4 is 0 Å². The van der Waals surface area contributed by atoms with Gasteiger partial charge in [0.1, 0.15) is 5.60 Å². The van der Waals surface area contributed by atoms with E-state index in [4.69, 9.17) is 9.84 Å². The molecular formula is C9H14O4. The van der Waals surface area contributed by atoms with Crippen molar-refractivity contribution in [3.8, 4) is 0 Å². The van der Waals surface area contributed by atoms with Crippen LogP contribution in [0.15, 0.2) is 0 Å². The van der Waals surface area contributed by atoms with Crippen LogP contribution in [0.3, 0.4) is 0 Å². The lowest BCUT2D eigenvalue weighted by Gasteiger charge is -2.38.